The minimum atomic E-state index is -0.340. The van der Waals surface area contributed by atoms with E-state index >= 15 is 0 Å². The topological polar surface area (TPSA) is 85.6 Å². The summed E-state index contributed by atoms with van der Waals surface area (Å²) in [6.07, 6.45) is 1.54. The first kappa shape index (κ1) is 25.3. The van der Waals surface area contributed by atoms with Crippen LogP contribution in [0.5, 0.6) is 11.5 Å². The maximum Gasteiger partial charge on any atom is 0.266 e. The van der Waals surface area contributed by atoms with Crippen LogP contribution in [0.4, 0.5) is 0 Å². The average Bonchev–Trinajstić information content (AvgIpc) is 2.93. The van der Waals surface area contributed by atoms with Crippen LogP contribution in [0.3, 0.4) is 0 Å². The first-order valence-electron chi connectivity index (χ1n) is 11.6. The summed E-state index contributed by atoms with van der Waals surface area (Å²) >= 11 is 7.18. The van der Waals surface area contributed by atoms with Gasteiger partial charge in [-0.25, -0.2) is 10.4 Å². The molecule has 0 saturated heterocycles. The summed E-state index contributed by atoms with van der Waals surface area (Å²) < 4.78 is 7.32. The van der Waals surface area contributed by atoms with E-state index in [0.29, 0.717) is 32.5 Å². The highest BCUT2D eigenvalue weighted by molar-refractivity contribution is 7.99. The molecular weight excluding hydrogens is 520 g/mol. The molecule has 0 aliphatic heterocycles. The molecule has 5 rings (SSSR count). The lowest BCUT2D eigenvalue weighted by Crippen LogP contribution is -2.24. The Morgan fingerprint density at radius 2 is 1.68 bits per heavy atom. The van der Waals surface area contributed by atoms with Gasteiger partial charge in [0.05, 0.1) is 28.6 Å². The highest BCUT2D eigenvalue weighted by Gasteiger charge is 2.14. The smallest absolute Gasteiger partial charge is 0.266 e. The molecular formula is C29H21ClN4O3S. The summed E-state index contributed by atoms with van der Waals surface area (Å²) in [6.45, 7) is 0. The van der Waals surface area contributed by atoms with Gasteiger partial charge in [-0.3, -0.25) is 14.2 Å². The van der Waals surface area contributed by atoms with Crippen molar-refractivity contribution in [2.45, 2.75) is 5.16 Å². The van der Waals surface area contributed by atoms with E-state index in [1.165, 1.54) is 4.57 Å². The molecule has 1 N–H and O–H groups in total. The maximum atomic E-state index is 13.3. The molecule has 1 aromatic heterocycles. The van der Waals surface area contributed by atoms with Crippen molar-refractivity contribution in [1.29, 1.82) is 0 Å². The van der Waals surface area contributed by atoms with E-state index in [4.69, 9.17) is 16.3 Å². The van der Waals surface area contributed by atoms with Crippen molar-refractivity contribution >= 4 is 46.4 Å². The van der Waals surface area contributed by atoms with Crippen LogP contribution in [0.1, 0.15) is 5.56 Å². The number of amides is 1. The van der Waals surface area contributed by atoms with Crippen molar-refractivity contribution in [2.75, 3.05) is 5.75 Å². The summed E-state index contributed by atoms with van der Waals surface area (Å²) in [4.78, 5) is 30.5. The number of carbonyl (C=O) groups excluding carboxylic acids is 1. The van der Waals surface area contributed by atoms with Crippen LogP contribution < -0.4 is 15.7 Å². The lowest BCUT2D eigenvalue weighted by atomic mass is 10.2. The fraction of sp³-hybridized carbons (Fsp3) is 0.0345. The number of hydrogen-bond acceptors (Lipinski definition) is 6. The van der Waals surface area contributed by atoms with E-state index in [1.807, 2.05) is 60.7 Å². The molecule has 38 heavy (non-hydrogen) atoms. The lowest BCUT2D eigenvalue weighted by molar-refractivity contribution is -0.118. The highest BCUT2D eigenvalue weighted by Crippen LogP contribution is 2.23. The zero-order chi connectivity index (χ0) is 26.3. The number of aromatic nitrogens is 2. The summed E-state index contributed by atoms with van der Waals surface area (Å²) in [6, 6.07) is 30.8. The van der Waals surface area contributed by atoms with Gasteiger partial charge in [0.2, 0.25) is 0 Å². The number of carbonyl (C=O) groups is 1. The zero-order valence-corrected chi connectivity index (χ0v) is 21.5. The minimum Gasteiger partial charge on any atom is -0.457 e. The predicted octanol–water partition coefficient (Wildman–Crippen LogP) is 6.07. The van der Waals surface area contributed by atoms with Crippen LogP contribution in [0.15, 0.2) is 118 Å². The van der Waals surface area contributed by atoms with Crippen molar-refractivity contribution in [3.63, 3.8) is 0 Å². The Morgan fingerprint density at radius 3 is 2.50 bits per heavy atom. The van der Waals surface area contributed by atoms with Crippen LogP contribution in [-0.4, -0.2) is 27.4 Å². The monoisotopic (exact) mass is 540 g/mol. The second kappa shape index (κ2) is 11.8. The number of fused-ring (bicyclic) bond motifs is 1. The normalized spacial score (nSPS) is 11.1. The van der Waals surface area contributed by atoms with Crippen LogP contribution in [0, 0.1) is 0 Å². The van der Waals surface area contributed by atoms with Crippen LogP contribution >= 0.6 is 23.4 Å². The minimum absolute atomic E-state index is 0.00681. The molecule has 0 unspecified atom stereocenters. The second-order valence-electron chi connectivity index (χ2n) is 8.10. The molecule has 0 aliphatic rings. The molecule has 0 spiro atoms. The summed E-state index contributed by atoms with van der Waals surface area (Å²) in [5.41, 5.74) is 4.23. The van der Waals surface area contributed by atoms with E-state index in [1.54, 1.807) is 48.7 Å². The molecule has 0 bridgehead atoms. The predicted molar refractivity (Wildman–Crippen MR) is 152 cm³/mol. The molecule has 1 amide bonds. The van der Waals surface area contributed by atoms with Gasteiger partial charge < -0.3 is 4.74 Å². The maximum absolute atomic E-state index is 13.3. The fourth-order valence-corrected chi connectivity index (χ4v) is 4.58. The number of rotatable bonds is 8. The van der Waals surface area contributed by atoms with Crippen molar-refractivity contribution in [3.8, 4) is 17.2 Å². The highest BCUT2D eigenvalue weighted by atomic mass is 35.5. The number of ether oxygens (including phenoxy) is 1. The van der Waals surface area contributed by atoms with Gasteiger partial charge in [-0.05, 0) is 66.2 Å². The summed E-state index contributed by atoms with van der Waals surface area (Å²) in [5.74, 6) is 1.05. The molecule has 0 atom stereocenters. The average molecular weight is 541 g/mol. The molecule has 0 fully saturated rings. The van der Waals surface area contributed by atoms with Gasteiger partial charge in [0.25, 0.3) is 11.5 Å². The van der Waals surface area contributed by atoms with Crippen molar-refractivity contribution in [3.05, 3.63) is 124 Å². The first-order chi connectivity index (χ1) is 18.6. The SMILES string of the molecule is O=C(CSc1nc2ccccc2c(=O)n1-c1ccc(Cl)cc1)N/N=C/c1cccc(Oc2ccccc2)c1. The molecule has 1 heterocycles. The van der Waals surface area contributed by atoms with Crippen LogP contribution in [0.2, 0.25) is 5.02 Å². The number of nitrogens with one attached hydrogen (secondary N) is 1. The van der Waals surface area contributed by atoms with E-state index < -0.39 is 0 Å². The molecule has 9 heteroatoms. The molecule has 0 saturated carbocycles. The Morgan fingerprint density at radius 1 is 0.947 bits per heavy atom. The first-order valence-corrected chi connectivity index (χ1v) is 13.0. The van der Waals surface area contributed by atoms with E-state index in [2.05, 4.69) is 15.5 Å². The fourth-order valence-electron chi connectivity index (χ4n) is 3.65. The number of thioether (sulfide) groups is 1. The third-order valence-corrected chi connectivity index (χ3v) is 6.59. The number of halogens is 1. The van der Waals surface area contributed by atoms with Crippen molar-refractivity contribution < 1.29 is 9.53 Å². The lowest BCUT2D eigenvalue weighted by Gasteiger charge is -2.13. The molecule has 0 radical (unpaired) electrons. The summed E-state index contributed by atoms with van der Waals surface area (Å²) in [7, 11) is 0. The van der Waals surface area contributed by atoms with Crippen molar-refractivity contribution in [1.82, 2.24) is 15.0 Å². The Bertz CT molecular complexity index is 1670. The van der Waals surface area contributed by atoms with Gasteiger partial charge in [-0.1, -0.05) is 65.8 Å². The zero-order valence-electron chi connectivity index (χ0n) is 20.0. The van der Waals surface area contributed by atoms with Crippen LogP contribution in [0.25, 0.3) is 16.6 Å². The summed E-state index contributed by atoms with van der Waals surface area (Å²) in [5, 5.41) is 5.49. The van der Waals surface area contributed by atoms with Gasteiger partial charge in [0, 0.05) is 5.02 Å². The Hall–Kier alpha value is -4.40. The number of para-hydroxylation sites is 2. The van der Waals surface area contributed by atoms with Gasteiger partial charge in [-0.2, -0.15) is 5.10 Å². The molecule has 5 aromatic rings. The number of hydrogen-bond donors (Lipinski definition) is 1. The van der Waals surface area contributed by atoms with Gasteiger partial charge in [0.1, 0.15) is 11.5 Å². The van der Waals surface area contributed by atoms with Gasteiger partial charge in [0.15, 0.2) is 5.16 Å². The molecule has 188 valence electrons. The van der Waals surface area contributed by atoms with E-state index in [-0.39, 0.29) is 17.2 Å². The third-order valence-electron chi connectivity index (χ3n) is 5.40. The Labute approximate surface area is 227 Å². The molecule has 4 aromatic carbocycles. The van der Waals surface area contributed by atoms with Gasteiger partial charge >= 0.3 is 0 Å². The van der Waals surface area contributed by atoms with E-state index in [9.17, 15) is 9.59 Å². The van der Waals surface area contributed by atoms with Gasteiger partial charge in [-0.15, -0.1) is 0 Å². The molecule has 7 nitrogen and oxygen atoms in total. The Kier molecular flexibility index (Phi) is 7.82. The number of hydrazone groups is 1. The number of benzene rings is 4. The molecule has 0 aliphatic carbocycles. The third kappa shape index (κ3) is 6.11. The van der Waals surface area contributed by atoms with Crippen LogP contribution in [-0.2, 0) is 4.79 Å². The second-order valence-corrected chi connectivity index (χ2v) is 9.48. The quantitative estimate of drug-likeness (QED) is 0.112. The number of nitrogens with zero attached hydrogens (tertiary/aromatic N) is 3. The Balaban J connectivity index is 1.28. The largest absolute Gasteiger partial charge is 0.457 e. The van der Waals surface area contributed by atoms with E-state index in [0.717, 1.165) is 23.1 Å². The van der Waals surface area contributed by atoms with Crippen molar-refractivity contribution in [2.24, 2.45) is 5.10 Å². The standard InChI is InChI=1S/C29H21ClN4O3S/c30-21-13-15-22(16-14-21)34-28(36)25-11-4-5-12-26(25)32-29(34)38-19-27(35)33-31-18-20-7-6-10-24(17-20)37-23-8-2-1-3-9-23/h1-18H,19H2,(H,33,35)/b31-18+.